The van der Waals surface area contributed by atoms with Gasteiger partial charge in [0.05, 0.1) is 0 Å². The minimum atomic E-state index is 0.719. The van der Waals surface area contributed by atoms with Crippen LogP contribution in [0.4, 0.5) is 0 Å². The SMILES string of the molecule is NCCCN.NCCCN.NCCCN.NCCCN.NCCCN.NCCCN. The third kappa shape index (κ3) is 146. The van der Waals surface area contributed by atoms with E-state index in [1.54, 1.807) is 0 Å². The lowest BCUT2D eigenvalue weighted by molar-refractivity contribution is 0.844. The van der Waals surface area contributed by atoms with Crippen molar-refractivity contribution < 1.29 is 0 Å². The van der Waals surface area contributed by atoms with Crippen LogP contribution < -0.4 is 68.8 Å². The first-order valence-corrected chi connectivity index (χ1v) is 10.9. The van der Waals surface area contributed by atoms with Crippen LogP contribution in [0.1, 0.15) is 38.5 Å². The molecule has 12 heteroatoms. The van der Waals surface area contributed by atoms with E-state index in [0.29, 0.717) is 0 Å². The fourth-order valence-electron chi connectivity index (χ4n) is 0.707. The fraction of sp³-hybridized carbons (Fsp3) is 1.00. The van der Waals surface area contributed by atoms with Crippen LogP contribution in [-0.2, 0) is 0 Å². The van der Waals surface area contributed by atoms with E-state index >= 15 is 0 Å². The van der Waals surface area contributed by atoms with E-state index in [1.807, 2.05) is 0 Å². The van der Waals surface area contributed by atoms with Crippen LogP contribution in [-0.4, -0.2) is 78.5 Å². The molecule has 0 heterocycles. The number of rotatable bonds is 12. The molecule has 30 heavy (non-hydrogen) atoms. The minimum absolute atomic E-state index is 0.719. The van der Waals surface area contributed by atoms with Gasteiger partial charge in [-0.2, -0.15) is 0 Å². The van der Waals surface area contributed by atoms with Crippen molar-refractivity contribution in [2.45, 2.75) is 38.5 Å². The zero-order valence-corrected chi connectivity index (χ0v) is 19.7. The number of nitrogens with two attached hydrogens (primary N) is 12. The maximum absolute atomic E-state index is 5.06. The fourth-order valence-corrected chi connectivity index (χ4v) is 0.707. The highest BCUT2D eigenvalue weighted by atomic mass is 14.6. The van der Waals surface area contributed by atoms with Gasteiger partial charge in [-0.15, -0.1) is 0 Å². The molecule has 0 bridgehead atoms. The molecule has 0 aliphatic carbocycles. The minimum Gasteiger partial charge on any atom is -0.330 e. The van der Waals surface area contributed by atoms with Crippen molar-refractivity contribution in [3.05, 3.63) is 0 Å². The Bertz CT molecular complexity index is 121. The van der Waals surface area contributed by atoms with E-state index in [4.69, 9.17) is 68.8 Å². The first-order valence-electron chi connectivity index (χ1n) is 10.9. The summed E-state index contributed by atoms with van der Waals surface area (Å²) in [4.78, 5) is 0. The molecule has 0 aliphatic rings. The van der Waals surface area contributed by atoms with Gasteiger partial charge in [0.15, 0.2) is 0 Å². The Hall–Kier alpha value is -0.480. The Balaban J connectivity index is -0.0000000576. The molecule has 0 aromatic rings. The predicted octanol–water partition coefficient (Wildman–Crippen LogP) is -4.24. The van der Waals surface area contributed by atoms with Crippen LogP contribution in [0.2, 0.25) is 0 Å². The van der Waals surface area contributed by atoms with Gasteiger partial charge in [0.2, 0.25) is 0 Å². The van der Waals surface area contributed by atoms with Gasteiger partial charge in [0, 0.05) is 0 Å². The lowest BCUT2D eigenvalue weighted by Crippen LogP contribution is -2.06. The summed E-state index contributed by atoms with van der Waals surface area (Å²) >= 11 is 0. The standard InChI is InChI=1S/6C3H10N2/c6*4-2-1-3-5/h6*1-5H2. The summed E-state index contributed by atoms with van der Waals surface area (Å²) in [6.07, 6.45) is 5.67. The van der Waals surface area contributed by atoms with Gasteiger partial charge in [-0.25, -0.2) is 0 Å². The second-order valence-corrected chi connectivity index (χ2v) is 5.59. The molecule has 0 radical (unpaired) electrons. The molecular weight excluding hydrogens is 384 g/mol. The van der Waals surface area contributed by atoms with Crippen molar-refractivity contribution in [1.29, 1.82) is 0 Å². The molecule has 0 aromatic carbocycles. The highest BCUT2D eigenvalue weighted by Crippen LogP contribution is 1.60. The summed E-state index contributed by atoms with van der Waals surface area (Å²) in [5.41, 5.74) is 60.7. The maximum atomic E-state index is 5.06. The van der Waals surface area contributed by atoms with Gasteiger partial charge < -0.3 is 68.8 Å². The zero-order valence-electron chi connectivity index (χ0n) is 19.7. The summed E-state index contributed by atoms with van der Waals surface area (Å²) in [5.74, 6) is 0. The topological polar surface area (TPSA) is 312 Å². The largest absolute Gasteiger partial charge is 0.330 e. The molecular formula is C18H60N12. The molecule has 0 fully saturated rings. The van der Waals surface area contributed by atoms with Crippen molar-refractivity contribution in [2.75, 3.05) is 78.5 Å². The van der Waals surface area contributed by atoms with Gasteiger partial charge in [0.1, 0.15) is 0 Å². The average molecular weight is 445 g/mol. The third-order valence-corrected chi connectivity index (χ3v) is 2.45. The number of hydrogen-bond acceptors (Lipinski definition) is 12. The second kappa shape index (κ2) is 70.4. The normalized spacial score (nSPS) is 8.40. The molecule has 12 nitrogen and oxygen atoms in total. The summed E-state index contributed by atoms with van der Waals surface area (Å²) in [6.45, 7) is 8.62. The first-order chi connectivity index (χ1) is 14.5. The Morgan fingerprint density at radius 3 is 0.233 bits per heavy atom. The maximum Gasteiger partial charge on any atom is -0.00653 e. The molecule has 0 saturated heterocycles. The lowest BCUT2D eigenvalue weighted by Gasteiger charge is -1.81. The van der Waals surface area contributed by atoms with Crippen LogP contribution in [0.5, 0.6) is 0 Å². The van der Waals surface area contributed by atoms with Crippen molar-refractivity contribution >= 4 is 0 Å². The smallest absolute Gasteiger partial charge is 0.00653 e. The van der Waals surface area contributed by atoms with Crippen molar-refractivity contribution in [2.24, 2.45) is 68.8 Å². The van der Waals surface area contributed by atoms with Crippen LogP contribution in [0.25, 0.3) is 0 Å². The van der Waals surface area contributed by atoms with Crippen LogP contribution >= 0.6 is 0 Å². The summed E-state index contributed by atoms with van der Waals surface area (Å²) in [6, 6.07) is 0. The summed E-state index contributed by atoms with van der Waals surface area (Å²) in [7, 11) is 0. The molecule has 0 rings (SSSR count). The lowest BCUT2D eigenvalue weighted by atomic mass is 10.4. The highest BCUT2D eigenvalue weighted by molar-refractivity contribution is 4.35. The molecule has 0 amide bonds. The Morgan fingerprint density at radius 1 is 0.167 bits per heavy atom. The van der Waals surface area contributed by atoms with Crippen molar-refractivity contribution in [3.8, 4) is 0 Å². The molecule has 0 aromatic heterocycles. The average Bonchev–Trinajstić information content (AvgIpc) is 2.74. The van der Waals surface area contributed by atoms with Crippen molar-refractivity contribution in [3.63, 3.8) is 0 Å². The van der Waals surface area contributed by atoms with E-state index < -0.39 is 0 Å². The quantitative estimate of drug-likeness (QED) is 0.136. The highest BCUT2D eigenvalue weighted by Gasteiger charge is 1.69. The van der Waals surface area contributed by atoms with Gasteiger partial charge in [0.25, 0.3) is 0 Å². The van der Waals surface area contributed by atoms with Crippen LogP contribution in [0.3, 0.4) is 0 Å². The van der Waals surface area contributed by atoms with E-state index in [-0.39, 0.29) is 0 Å². The predicted molar refractivity (Wildman–Crippen MR) is 136 cm³/mol. The number of hydrogen-bond donors (Lipinski definition) is 12. The van der Waals surface area contributed by atoms with E-state index in [0.717, 1.165) is 117 Å². The van der Waals surface area contributed by atoms with E-state index in [1.165, 1.54) is 0 Å². The summed E-state index contributed by atoms with van der Waals surface area (Å²) < 4.78 is 0. The molecule has 0 atom stereocenters. The van der Waals surface area contributed by atoms with E-state index in [2.05, 4.69) is 0 Å². The van der Waals surface area contributed by atoms with Gasteiger partial charge in [-0.1, -0.05) is 0 Å². The molecule has 0 saturated carbocycles. The third-order valence-electron chi connectivity index (χ3n) is 2.45. The van der Waals surface area contributed by atoms with Crippen LogP contribution in [0.15, 0.2) is 0 Å². The molecule has 0 aliphatic heterocycles. The molecule has 24 N–H and O–H groups in total. The first kappa shape index (κ1) is 43.4. The Kier molecular flexibility index (Phi) is 102. The van der Waals surface area contributed by atoms with Gasteiger partial charge >= 0.3 is 0 Å². The monoisotopic (exact) mass is 445 g/mol. The zero-order chi connectivity index (χ0) is 24.7. The van der Waals surface area contributed by atoms with Crippen LogP contribution in [0, 0.1) is 0 Å². The molecule has 192 valence electrons. The molecule has 0 spiro atoms. The second-order valence-electron chi connectivity index (χ2n) is 5.59. The Labute approximate surface area is 186 Å². The van der Waals surface area contributed by atoms with Crippen molar-refractivity contribution in [1.82, 2.24) is 0 Å². The molecule has 0 unspecified atom stereocenters. The Morgan fingerprint density at radius 2 is 0.233 bits per heavy atom. The van der Waals surface area contributed by atoms with Gasteiger partial charge in [-0.3, -0.25) is 0 Å². The van der Waals surface area contributed by atoms with Gasteiger partial charge in [-0.05, 0) is 117 Å². The van der Waals surface area contributed by atoms with E-state index in [9.17, 15) is 0 Å². The summed E-state index contributed by atoms with van der Waals surface area (Å²) in [5, 5.41) is 0.